The van der Waals surface area contributed by atoms with Crippen LogP contribution in [0.4, 0.5) is 10.2 Å². The number of aromatic nitrogens is 3. The lowest BCUT2D eigenvalue weighted by molar-refractivity contribution is -0.114. The highest BCUT2D eigenvalue weighted by molar-refractivity contribution is 6.01. The second-order valence-electron chi connectivity index (χ2n) is 7.90. The van der Waals surface area contributed by atoms with Gasteiger partial charge in [0.05, 0.1) is 17.7 Å². The molecule has 0 unspecified atom stereocenters. The average Bonchev–Trinajstić information content (AvgIpc) is 3.25. The Hall–Kier alpha value is -3.88. The Kier molecular flexibility index (Phi) is 6.87. The normalized spacial score (nSPS) is 17.4. The van der Waals surface area contributed by atoms with E-state index in [2.05, 4.69) is 25.6 Å². The molecule has 1 aromatic carbocycles. The van der Waals surface area contributed by atoms with Crippen LogP contribution in [0.2, 0.25) is 0 Å². The molecule has 2 aromatic heterocycles. The molecule has 0 radical (unpaired) electrons. The molecule has 9 heteroatoms. The summed E-state index contributed by atoms with van der Waals surface area (Å²) in [5.41, 5.74) is 0.796. The monoisotopic (exact) mass is 449 g/mol. The van der Waals surface area contributed by atoms with Crippen LogP contribution in [0.3, 0.4) is 0 Å². The lowest BCUT2D eigenvalue weighted by atomic mass is 10.0. The first-order chi connectivity index (χ1) is 16.0. The lowest BCUT2D eigenvalue weighted by Gasteiger charge is -2.22. The molecule has 1 aliphatic rings. The fourth-order valence-corrected chi connectivity index (χ4v) is 3.91. The number of pyridine rings is 1. The average molecular weight is 449 g/mol. The summed E-state index contributed by atoms with van der Waals surface area (Å²) in [7, 11) is 0. The van der Waals surface area contributed by atoms with Crippen molar-refractivity contribution in [1.29, 1.82) is 0 Å². The van der Waals surface area contributed by atoms with E-state index in [1.165, 1.54) is 31.3 Å². The minimum atomic E-state index is -0.317. The number of carbonyl (C=O) groups excluding carboxylic acids is 2. The molecule has 4 rings (SSSR count). The first-order valence-electron chi connectivity index (χ1n) is 10.7. The van der Waals surface area contributed by atoms with Gasteiger partial charge >= 0.3 is 0 Å². The lowest BCUT2D eigenvalue weighted by Crippen LogP contribution is -2.39. The Morgan fingerprint density at radius 2 is 1.88 bits per heavy atom. The van der Waals surface area contributed by atoms with Crippen LogP contribution in [-0.2, 0) is 4.79 Å². The molecule has 1 aliphatic carbocycles. The fraction of sp³-hybridized carbons (Fsp3) is 0.292. The molecule has 2 heterocycles. The van der Waals surface area contributed by atoms with Crippen LogP contribution < -0.4 is 15.4 Å². The third-order valence-electron chi connectivity index (χ3n) is 5.51. The van der Waals surface area contributed by atoms with Gasteiger partial charge in [0, 0.05) is 37.5 Å². The van der Waals surface area contributed by atoms with Crippen molar-refractivity contribution in [3.05, 3.63) is 66.4 Å². The summed E-state index contributed by atoms with van der Waals surface area (Å²) < 4.78 is 18.9. The smallest absolute Gasteiger partial charge is 0.252 e. The van der Waals surface area contributed by atoms with Crippen molar-refractivity contribution in [3.63, 3.8) is 0 Å². The van der Waals surface area contributed by atoms with E-state index in [4.69, 9.17) is 4.74 Å². The maximum atomic E-state index is 13.3. The summed E-state index contributed by atoms with van der Waals surface area (Å²) in [4.78, 5) is 37.5. The van der Waals surface area contributed by atoms with Crippen LogP contribution in [0.15, 0.2) is 55.0 Å². The Labute approximate surface area is 190 Å². The van der Waals surface area contributed by atoms with Crippen molar-refractivity contribution < 1.29 is 18.7 Å². The van der Waals surface area contributed by atoms with Gasteiger partial charge in [-0.15, -0.1) is 0 Å². The zero-order valence-electron chi connectivity index (χ0n) is 18.1. The molecule has 0 spiro atoms. The standard InChI is InChI=1S/C24H24FN5O3/c1-15(31)29-22-12-19(20(13-28-22)23-26-10-3-11-27-23)24(32)30-21-5-2-4-16(21)14-33-18-8-6-17(25)7-9-18/h3,6-13,16,21H,2,4-5,14H2,1H3,(H,30,32)(H,28,29,31)/t16-,21+/m1/s1. The van der Waals surface area contributed by atoms with Gasteiger partial charge in [-0.3, -0.25) is 9.59 Å². The number of halogens is 1. The number of carbonyl (C=O) groups is 2. The van der Waals surface area contributed by atoms with Gasteiger partial charge in [0.15, 0.2) is 5.82 Å². The quantitative estimate of drug-likeness (QED) is 0.571. The molecule has 33 heavy (non-hydrogen) atoms. The molecule has 0 bridgehead atoms. The van der Waals surface area contributed by atoms with Crippen LogP contribution in [0, 0.1) is 11.7 Å². The molecular formula is C24H24FN5O3. The van der Waals surface area contributed by atoms with E-state index >= 15 is 0 Å². The van der Waals surface area contributed by atoms with Crippen molar-refractivity contribution in [3.8, 4) is 17.1 Å². The van der Waals surface area contributed by atoms with Crippen molar-refractivity contribution in [2.45, 2.75) is 32.2 Å². The van der Waals surface area contributed by atoms with Gasteiger partial charge in [0.1, 0.15) is 17.4 Å². The largest absolute Gasteiger partial charge is 0.493 e. The molecule has 170 valence electrons. The van der Waals surface area contributed by atoms with E-state index in [1.807, 2.05) is 0 Å². The number of hydrogen-bond donors (Lipinski definition) is 2. The van der Waals surface area contributed by atoms with E-state index in [-0.39, 0.29) is 35.4 Å². The van der Waals surface area contributed by atoms with Gasteiger partial charge in [-0.25, -0.2) is 19.3 Å². The van der Waals surface area contributed by atoms with Crippen molar-refractivity contribution in [2.24, 2.45) is 5.92 Å². The number of amides is 2. The number of benzene rings is 1. The van der Waals surface area contributed by atoms with Crippen molar-refractivity contribution in [1.82, 2.24) is 20.3 Å². The first kappa shape index (κ1) is 22.3. The fourth-order valence-electron chi connectivity index (χ4n) is 3.91. The van der Waals surface area contributed by atoms with Crippen LogP contribution in [-0.4, -0.2) is 39.4 Å². The Bertz CT molecular complexity index is 1120. The molecular weight excluding hydrogens is 425 g/mol. The maximum absolute atomic E-state index is 13.3. The highest BCUT2D eigenvalue weighted by Crippen LogP contribution is 2.28. The number of nitrogens with one attached hydrogen (secondary N) is 2. The van der Waals surface area contributed by atoms with Gasteiger partial charge in [-0.2, -0.15) is 0 Å². The molecule has 3 aromatic rings. The second kappa shape index (κ2) is 10.2. The number of rotatable bonds is 7. The summed E-state index contributed by atoms with van der Waals surface area (Å²) >= 11 is 0. The van der Waals surface area contributed by atoms with Crippen LogP contribution in [0.1, 0.15) is 36.5 Å². The van der Waals surface area contributed by atoms with Crippen LogP contribution in [0.25, 0.3) is 11.4 Å². The van der Waals surface area contributed by atoms with E-state index in [0.717, 1.165) is 19.3 Å². The maximum Gasteiger partial charge on any atom is 0.252 e. The molecule has 2 amide bonds. The number of anilines is 1. The van der Waals surface area contributed by atoms with E-state index in [0.29, 0.717) is 29.3 Å². The van der Waals surface area contributed by atoms with Crippen LogP contribution in [0.5, 0.6) is 5.75 Å². The van der Waals surface area contributed by atoms with E-state index < -0.39 is 0 Å². The van der Waals surface area contributed by atoms with E-state index in [9.17, 15) is 14.0 Å². The Balaban J connectivity index is 1.51. The second-order valence-corrected chi connectivity index (χ2v) is 7.90. The molecule has 8 nitrogen and oxygen atoms in total. The Morgan fingerprint density at radius 1 is 1.12 bits per heavy atom. The summed E-state index contributed by atoms with van der Waals surface area (Å²) in [5.74, 6) is 0.444. The van der Waals surface area contributed by atoms with Gasteiger partial charge in [0.25, 0.3) is 5.91 Å². The topological polar surface area (TPSA) is 106 Å². The highest BCUT2D eigenvalue weighted by atomic mass is 19.1. The van der Waals surface area contributed by atoms with Gasteiger partial charge in [-0.05, 0) is 49.2 Å². The zero-order chi connectivity index (χ0) is 23.2. The molecule has 0 saturated heterocycles. The van der Waals surface area contributed by atoms with Gasteiger partial charge < -0.3 is 15.4 Å². The van der Waals surface area contributed by atoms with Crippen molar-refractivity contribution >= 4 is 17.6 Å². The van der Waals surface area contributed by atoms with Gasteiger partial charge in [0.2, 0.25) is 5.91 Å². The highest BCUT2D eigenvalue weighted by Gasteiger charge is 2.30. The summed E-state index contributed by atoms with van der Waals surface area (Å²) in [6, 6.07) is 9.02. The zero-order valence-corrected chi connectivity index (χ0v) is 18.1. The first-order valence-corrected chi connectivity index (χ1v) is 10.7. The van der Waals surface area contributed by atoms with E-state index in [1.54, 1.807) is 30.6 Å². The third kappa shape index (κ3) is 5.68. The number of ether oxygens (including phenoxy) is 1. The summed E-state index contributed by atoms with van der Waals surface area (Å²) in [6.45, 7) is 1.79. The Morgan fingerprint density at radius 3 is 2.61 bits per heavy atom. The third-order valence-corrected chi connectivity index (χ3v) is 5.51. The number of hydrogen-bond acceptors (Lipinski definition) is 6. The van der Waals surface area contributed by atoms with Crippen molar-refractivity contribution in [2.75, 3.05) is 11.9 Å². The molecule has 0 aliphatic heterocycles. The SMILES string of the molecule is CC(=O)Nc1cc(C(=O)N[C@H]2CCC[C@@H]2COc2ccc(F)cc2)c(-c2ncccn2)cn1. The summed E-state index contributed by atoms with van der Waals surface area (Å²) in [5, 5.41) is 5.71. The van der Waals surface area contributed by atoms with Gasteiger partial charge in [-0.1, -0.05) is 6.42 Å². The van der Waals surface area contributed by atoms with Crippen LogP contribution >= 0.6 is 0 Å². The molecule has 2 atom stereocenters. The predicted molar refractivity (Wildman–Crippen MR) is 120 cm³/mol. The predicted octanol–water partition coefficient (Wildman–Crippen LogP) is 3.61. The molecule has 2 N–H and O–H groups in total. The minimum absolute atomic E-state index is 0.0835. The molecule has 1 fully saturated rings. The minimum Gasteiger partial charge on any atom is -0.493 e. The molecule has 1 saturated carbocycles. The number of nitrogens with zero attached hydrogens (tertiary/aromatic N) is 3. The summed E-state index contributed by atoms with van der Waals surface area (Å²) in [6.07, 6.45) is 7.36.